The van der Waals surface area contributed by atoms with Crippen LogP contribution >= 0.6 is 0 Å². The summed E-state index contributed by atoms with van der Waals surface area (Å²) in [7, 11) is 0. The first-order valence-corrected chi connectivity index (χ1v) is 6.59. The minimum atomic E-state index is -0.766. The summed E-state index contributed by atoms with van der Waals surface area (Å²) in [6.07, 6.45) is 0. The molecule has 0 saturated heterocycles. The molecule has 0 fully saturated rings. The summed E-state index contributed by atoms with van der Waals surface area (Å²) >= 11 is 0. The number of ether oxygens (including phenoxy) is 1. The van der Waals surface area contributed by atoms with Gasteiger partial charge in [-0.1, -0.05) is 13.8 Å². The van der Waals surface area contributed by atoms with Crippen LogP contribution in [0, 0.1) is 11.7 Å². The van der Waals surface area contributed by atoms with E-state index in [2.05, 4.69) is 5.32 Å². The summed E-state index contributed by atoms with van der Waals surface area (Å²) in [5.41, 5.74) is 10.9. The number of hydrogen-bond acceptors (Lipinski definition) is 5. The second-order valence-corrected chi connectivity index (χ2v) is 4.91. The standard InChI is InChI=1S/C14H20FN3O3/c1-4-21-14(20)8-5-11(9(15)6-10(8)16)18-12(7(2)3)13(17)19/h5-7,12,18H,4,16H2,1-3H3,(H2,17,19). The molecule has 0 saturated carbocycles. The number of rotatable bonds is 6. The number of amides is 1. The highest BCUT2D eigenvalue weighted by atomic mass is 19.1. The summed E-state index contributed by atoms with van der Waals surface area (Å²) in [6.45, 7) is 5.36. The van der Waals surface area contributed by atoms with Gasteiger partial charge >= 0.3 is 5.97 Å². The molecule has 5 N–H and O–H groups in total. The lowest BCUT2D eigenvalue weighted by Gasteiger charge is -2.21. The Morgan fingerprint density at radius 3 is 2.48 bits per heavy atom. The molecule has 0 aliphatic rings. The lowest BCUT2D eigenvalue weighted by atomic mass is 10.0. The van der Waals surface area contributed by atoms with Crippen LogP contribution in [0.25, 0.3) is 0 Å². The highest BCUT2D eigenvalue weighted by molar-refractivity contribution is 5.96. The molecule has 6 nitrogen and oxygen atoms in total. The van der Waals surface area contributed by atoms with Crippen molar-refractivity contribution in [2.24, 2.45) is 11.7 Å². The summed E-state index contributed by atoms with van der Waals surface area (Å²) in [5, 5.41) is 2.70. The number of nitrogen functional groups attached to an aromatic ring is 1. The van der Waals surface area contributed by atoms with Crippen molar-refractivity contribution in [2.45, 2.75) is 26.8 Å². The molecule has 0 aliphatic carbocycles. The summed E-state index contributed by atoms with van der Waals surface area (Å²) in [5.74, 6) is -2.09. The number of hydrogen-bond donors (Lipinski definition) is 3. The molecule has 0 aliphatic heterocycles. The Morgan fingerprint density at radius 2 is 2.00 bits per heavy atom. The number of esters is 1. The normalized spacial score (nSPS) is 12.0. The van der Waals surface area contributed by atoms with E-state index < -0.39 is 23.7 Å². The van der Waals surface area contributed by atoms with Crippen LogP contribution in [0.3, 0.4) is 0 Å². The van der Waals surface area contributed by atoms with E-state index in [1.807, 2.05) is 0 Å². The number of benzene rings is 1. The van der Waals surface area contributed by atoms with E-state index in [-0.39, 0.29) is 29.5 Å². The molecular weight excluding hydrogens is 277 g/mol. The van der Waals surface area contributed by atoms with E-state index in [1.165, 1.54) is 6.07 Å². The average molecular weight is 297 g/mol. The number of nitrogens with two attached hydrogens (primary N) is 2. The van der Waals surface area contributed by atoms with Crippen molar-refractivity contribution in [3.63, 3.8) is 0 Å². The number of primary amides is 1. The monoisotopic (exact) mass is 297 g/mol. The van der Waals surface area contributed by atoms with Crippen molar-refractivity contribution in [1.82, 2.24) is 0 Å². The Kier molecular flexibility index (Phi) is 5.52. The van der Waals surface area contributed by atoms with Crippen molar-refractivity contribution >= 4 is 23.3 Å². The Hall–Kier alpha value is -2.31. The molecule has 1 amide bonds. The minimum Gasteiger partial charge on any atom is -0.462 e. The van der Waals surface area contributed by atoms with E-state index in [0.717, 1.165) is 6.07 Å². The number of anilines is 2. The maximum Gasteiger partial charge on any atom is 0.340 e. The van der Waals surface area contributed by atoms with Gasteiger partial charge in [-0.25, -0.2) is 9.18 Å². The third-order valence-corrected chi connectivity index (χ3v) is 2.92. The molecule has 0 heterocycles. The van der Waals surface area contributed by atoms with E-state index in [4.69, 9.17) is 16.2 Å². The third kappa shape index (κ3) is 4.08. The van der Waals surface area contributed by atoms with Gasteiger partial charge in [0.2, 0.25) is 5.91 Å². The molecule has 1 aromatic carbocycles. The zero-order chi connectivity index (χ0) is 16.2. The lowest BCUT2D eigenvalue weighted by molar-refractivity contribution is -0.119. The van der Waals surface area contributed by atoms with Crippen molar-refractivity contribution in [2.75, 3.05) is 17.7 Å². The lowest BCUT2D eigenvalue weighted by Crippen LogP contribution is -2.39. The molecule has 0 spiro atoms. The highest BCUT2D eigenvalue weighted by Crippen LogP contribution is 2.24. The van der Waals surface area contributed by atoms with Gasteiger partial charge < -0.3 is 21.5 Å². The Labute approximate surface area is 122 Å². The topological polar surface area (TPSA) is 107 Å². The summed E-state index contributed by atoms with van der Waals surface area (Å²) < 4.78 is 18.8. The quantitative estimate of drug-likeness (QED) is 0.545. The van der Waals surface area contributed by atoms with Crippen LogP contribution in [0.5, 0.6) is 0 Å². The van der Waals surface area contributed by atoms with Crippen molar-refractivity contribution in [1.29, 1.82) is 0 Å². The fourth-order valence-corrected chi connectivity index (χ4v) is 1.82. The van der Waals surface area contributed by atoms with Gasteiger partial charge in [0.25, 0.3) is 0 Å². The zero-order valence-electron chi connectivity index (χ0n) is 12.3. The summed E-state index contributed by atoms with van der Waals surface area (Å²) in [4.78, 5) is 23.1. The van der Waals surface area contributed by atoms with E-state index in [9.17, 15) is 14.0 Å². The van der Waals surface area contributed by atoms with Crippen molar-refractivity contribution in [3.8, 4) is 0 Å². The third-order valence-electron chi connectivity index (χ3n) is 2.92. The fourth-order valence-electron chi connectivity index (χ4n) is 1.82. The summed E-state index contributed by atoms with van der Waals surface area (Å²) in [6, 6.07) is 1.46. The van der Waals surface area contributed by atoms with Gasteiger partial charge in [0.05, 0.1) is 17.9 Å². The van der Waals surface area contributed by atoms with Crippen LogP contribution in [-0.4, -0.2) is 24.5 Å². The van der Waals surface area contributed by atoms with Gasteiger partial charge in [0.15, 0.2) is 0 Å². The van der Waals surface area contributed by atoms with Gasteiger partial charge in [-0.05, 0) is 25.0 Å². The second-order valence-electron chi connectivity index (χ2n) is 4.91. The van der Waals surface area contributed by atoms with E-state index in [0.29, 0.717) is 0 Å². The molecule has 1 atom stereocenters. The smallest absolute Gasteiger partial charge is 0.340 e. The molecular formula is C14H20FN3O3. The maximum atomic E-state index is 13.9. The Morgan fingerprint density at radius 1 is 1.38 bits per heavy atom. The molecule has 116 valence electrons. The molecule has 0 aromatic heterocycles. The average Bonchev–Trinajstić information content (AvgIpc) is 2.36. The fraction of sp³-hybridized carbons (Fsp3) is 0.429. The molecule has 7 heteroatoms. The minimum absolute atomic E-state index is 0.0234. The van der Waals surface area contributed by atoms with Gasteiger partial charge in [-0.2, -0.15) is 0 Å². The molecule has 21 heavy (non-hydrogen) atoms. The predicted octanol–water partition coefficient (Wildman–Crippen LogP) is 1.51. The van der Waals surface area contributed by atoms with Gasteiger partial charge in [-0.15, -0.1) is 0 Å². The largest absolute Gasteiger partial charge is 0.462 e. The van der Waals surface area contributed by atoms with Crippen LogP contribution in [0.4, 0.5) is 15.8 Å². The molecule has 0 bridgehead atoms. The first-order valence-electron chi connectivity index (χ1n) is 6.59. The van der Waals surface area contributed by atoms with Gasteiger partial charge in [0, 0.05) is 5.69 Å². The maximum absolute atomic E-state index is 13.9. The molecule has 1 unspecified atom stereocenters. The number of halogens is 1. The first-order chi connectivity index (χ1) is 9.77. The van der Waals surface area contributed by atoms with Crippen LogP contribution in [0.1, 0.15) is 31.1 Å². The van der Waals surface area contributed by atoms with Crippen molar-refractivity contribution < 1.29 is 18.7 Å². The Bertz CT molecular complexity index is 547. The van der Waals surface area contributed by atoms with Crippen LogP contribution in [0.2, 0.25) is 0 Å². The van der Waals surface area contributed by atoms with Crippen LogP contribution in [0.15, 0.2) is 12.1 Å². The Balaban J connectivity index is 3.15. The molecule has 1 aromatic rings. The van der Waals surface area contributed by atoms with Crippen LogP contribution in [-0.2, 0) is 9.53 Å². The second kappa shape index (κ2) is 6.92. The predicted molar refractivity (Wildman–Crippen MR) is 78.2 cm³/mol. The number of carbonyl (C=O) groups excluding carboxylic acids is 2. The molecule has 0 radical (unpaired) electrons. The molecule has 1 rings (SSSR count). The SMILES string of the molecule is CCOC(=O)c1cc(NC(C(N)=O)C(C)C)c(F)cc1N. The zero-order valence-corrected chi connectivity index (χ0v) is 12.3. The number of carbonyl (C=O) groups is 2. The first kappa shape index (κ1) is 16.7. The highest BCUT2D eigenvalue weighted by Gasteiger charge is 2.22. The van der Waals surface area contributed by atoms with Crippen molar-refractivity contribution in [3.05, 3.63) is 23.5 Å². The van der Waals surface area contributed by atoms with E-state index >= 15 is 0 Å². The van der Waals surface area contributed by atoms with Gasteiger partial charge in [0.1, 0.15) is 11.9 Å². The van der Waals surface area contributed by atoms with Crippen LogP contribution < -0.4 is 16.8 Å². The van der Waals surface area contributed by atoms with E-state index in [1.54, 1.807) is 20.8 Å². The number of nitrogens with one attached hydrogen (secondary N) is 1. The van der Waals surface area contributed by atoms with Gasteiger partial charge in [-0.3, -0.25) is 4.79 Å².